The van der Waals surface area contributed by atoms with E-state index in [-0.39, 0.29) is 5.91 Å². The van der Waals surface area contributed by atoms with Gasteiger partial charge in [0.05, 0.1) is 33.7 Å². The van der Waals surface area contributed by atoms with Crippen molar-refractivity contribution in [3.63, 3.8) is 0 Å². The van der Waals surface area contributed by atoms with Gasteiger partial charge in [0.15, 0.2) is 0 Å². The lowest BCUT2D eigenvalue weighted by atomic mass is 10.3. The Morgan fingerprint density at radius 1 is 1.33 bits per heavy atom. The fourth-order valence-corrected chi connectivity index (χ4v) is 1.97. The lowest BCUT2D eigenvalue weighted by molar-refractivity contribution is -0.888. The van der Waals surface area contributed by atoms with E-state index in [1.807, 2.05) is 6.92 Å². The zero-order valence-electron chi connectivity index (χ0n) is 10.3. The molecule has 0 bridgehead atoms. The number of rotatable bonds is 3. The van der Waals surface area contributed by atoms with Crippen LogP contribution in [0.2, 0.25) is 0 Å². The monoisotopic (exact) mass is 214 g/mol. The minimum atomic E-state index is 0.157. The number of carbonyl (C=O) groups is 1. The van der Waals surface area contributed by atoms with Crippen LogP contribution in [0.5, 0.6) is 0 Å². The SMILES string of the molecule is CCNC(=O)CN1CCC[N+](C)(C)CC1. The minimum Gasteiger partial charge on any atom is -0.355 e. The Labute approximate surface area is 92.8 Å². The molecule has 4 nitrogen and oxygen atoms in total. The van der Waals surface area contributed by atoms with Gasteiger partial charge < -0.3 is 9.80 Å². The third-order valence-electron chi connectivity index (χ3n) is 3.00. The summed E-state index contributed by atoms with van der Waals surface area (Å²) < 4.78 is 1.08. The van der Waals surface area contributed by atoms with E-state index in [0.717, 1.165) is 30.7 Å². The molecule has 88 valence electrons. The number of amides is 1. The molecule has 0 aliphatic carbocycles. The van der Waals surface area contributed by atoms with Crippen molar-refractivity contribution in [3.05, 3.63) is 0 Å². The van der Waals surface area contributed by atoms with Crippen LogP contribution in [0.15, 0.2) is 0 Å². The smallest absolute Gasteiger partial charge is 0.234 e. The van der Waals surface area contributed by atoms with Crippen molar-refractivity contribution >= 4 is 5.91 Å². The van der Waals surface area contributed by atoms with E-state index >= 15 is 0 Å². The third kappa shape index (κ3) is 4.62. The summed E-state index contributed by atoms with van der Waals surface area (Å²) in [6.45, 7) is 7.69. The molecule has 0 aromatic rings. The Bertz CT molecular complexity index is 216. The summed E-state index contributed by atoms with van der Waals surface area (Å²) in [5, 5.41) is 2.85. The van der Waals surface area contributed by atoms with Crippen LogP contribution >= 0.6 is 0 Å². The highest BCUT2D eigenvalue weighted by atomic mass is 16.2. The van der Waals surface area contributed by atoms with Gasteiger partial charge in [-0.05, 0) is 6.92 Å². The molecule has 1 amide bonds. The van der Waals surface area contributed by atoms with Crippen LogP contribution in [0, 0.1) is 0 Å². The van der Waals surface area contributed by atoms with Crippen molar-refractivity contribution in [2.24, 2.45) is 0 Å². The second-order valence-electron chi connectivity index (χ2n) is 4.97. The lowest BCUT2D eigenvalue weighted by Crippen LogP contribution is -2.44. The second kappa shape index (κ2) is 5.47. The molecule has 15 heavy (non-hydrogen) atoms. The summed E-state index contributed by atoms with van der Waals surface area (Å²) in [5.41, 5.74) is 0. The number of nitrogens with zero attached hydrogens (tertiary/aromatic N) is 2. The van der Waals surface area contributed by atoms with Gasteiger partial charge >= 0.3 is 0 Å². The molecule has 1 aliphatic rings. The Kier molecular flexibility index (Phi) is 4.54. The predicted octanol–water partition coefficient (Wildman–Crippen LogP) is -0.0954. The predicted molar refractivity (Wildman–Crippen MR) is 61.6 cm³/mol. The summed E-state index contributed by atoms with van der Waals surface area (Å²) in [6.07, 6.45) is 1.19. The quantitative estimate of drug-likeness (QED) is 0.666. The highest BCUT2D eigenvalue weighted by Crippen LogP contribution is 2.06. The largest absolute Gasteiger partial charge is 0.355 e. The van der Waals surface area contributed by atoms with Crippen molar-refractivity contribution in [2.45, 2.75) is 13.3 Å². The molecule has 0 radical (unpaired) electrons. The Balaban J connectivity index is 2.34. The van der Waals surface area contributed by atoms with Gasteiger partial charge in [0.2, 0.25) is 5.91 Å². The number of hydrogen-bond donors (Lipinski definition) is 1. The molecule has 1 saturated heterocycles. The maximum Gasteiger partial charge on any atom is 0.234 e. The molecule has 1 fully saturated rings. The number of quaternary nitrogens is 1. The van der Waals surface area contributed by atoms with E-state index in [1.165, 1.54) is 13.0 Å². The molecule has 1 rings (SSSR count). The van der Waals surface area contributed by atoms with Crippen LogP contribution in [0.1, 0.15) is 13.3 Å². The van der Waals surface area contributed by atoms with Gasteiger partial charge in [0, 0.05) is 26.1 Å². The Morgan fingerprint density at radius 3 is 2.73 bits per heavy atom. The van der Waals surface area contributed by atoms with E-state index in [4.69, 9.17) is 0 Å². The van der Waals surface area contributed by atoms with E-state index in [2.05, 4.69) is 24.3 Å². The molecule has 0 saturated carbocycles. The Hall–Kier alpha value is -0.610. The van der Waals surface area contributed by atoms with Gasteiger partial charge in [0.25, 0.3) is 0 Å². The molecule has 0 aromatic carbocycles. The molecule has 0 atom stereocenters. The second-order valence-corrected chi connectivity index (χ2v) is 4.97. The zero-order chi connectivity index (χ0) is 11.3. The molecule has 0 spiro atoms. The normalized spacial score (nSPS) is 22.1. The number of nitrogens with one attached hydrogen (secondary N) is 1. The molecule has 1 N–H and O–H groups in total. The number of likely N-dealkylation sites (N-methyl/N-ethyl adjacent to an activating group) is 2. The fourth-order valence-electron chi connectivity index (χ4n) is 1.97. The van der Waals surface area contributed by atoms with E-state index < -0.39 is 0 Å². The summed E-state index contributed by atoms with van der Waals surface area (Å²) in [6, 6.07) is 0. The maximum atomic E-state index is 11.4. The van der Waals surface area contributed by atoms with Crippen LogP contribution in [0.25, 0.3) is 0 Å². The van der Waals surface area contributed by atoms with Crippen molar-refractivity contribution in [2.75, 3.05) is 53.4 Å². The standard InChI is InChI=1S/C11H23N3O/c1-4-12-11(15)10-13-6-5-8-14(2,3)9-7-13/h4-10H2,1-3H3/p+1. The highest BCUT2D eigenvalue weighted by molar-refractivity contribution is 5.77. The molecule has 1 aliphatic heterocycles. The lowest BCUT2D eigenvalue weighted by Gasteiger charge is -2.27. The van der Waals surface area contributed by atoms with E-state index in [9.17, 15) is 4.79 Å². The minimum absolute atomic E-state index is 0.157. The first-order chi connectivity index (χ1) is 7.03. The molecule has 1 heterocycles. The maximum absolute atomic E-state index is 11.4. The van der Waals surface area contributed by atoms with Crippen LogP contribution < -0.4 is 5.32 Å². The van der Waals surface area contributed by atoms with Crippen molar-refractivity contribution in [1.29, 1.82) is 0 Å². The first kappa shape index (κ1) is 12.5. The summed E-state index contributed by atoms with van der Waals surface area (Å²) in [4.78, 5) is 13.7. The zero-order valence-corrected chi connectivity index (χ0v) is 10.3. The van der Waals surface area contributed by atoms with Crippen molar-refractivity contribution < 1.29 is 9.28 Å². The van der Waals surface area contributed by atoms with E-state index in [1.54, 1.807) is 0 Å². The third-order valence-corrected chi connectivity index (χ3v) is 3.00. The molecule has 0 aromatic heterocycles. The van der Waals surface area contributed by atoms with Crippen LogP contribution in [-0.4, -0.2) is 68.7 Å². The van der Waals surface area contributed by atoms with Gasteiger partial charge in [-0.1, -0.05) is 0 Å². The van der Waals surface area contributed by atoms with Crippen molar-refractivity contribution in [1.82, 2.24) is 10.2 Å². The Morgan fingerprint density at radius 2 is 2.07 bits per heavy atom. The molecular weight excluding hydrogens is 190 g/mol. The van der Waals surface area contributed by atoms with Gasteiger partial charge in [0.1, 0.15) is 0 Å². The van der Waals surface area contributed by atoms with Crippen LogP contribution in [0.3, 0.4) is 0 Å². The highest BCUT2D eigenvalue weighted by Gasteiger charge is 2.22. The first-order valence-electron chi connectivity index (χ1n) is 5.84. The van der Waals surface area contributed by atoms with E-state index in [0.29, 0.717) is 6.54 Å². The topological polar surface area (TPSA) is 32.3 Å². The van der Waals surface area contributed by atoms with Crippen molar-refractivity contribution in [3.8, 4) is 0 Å². The molecule has 0 unspecified atom stereocenters. The summed E-state index contributed by atoms with van der Waals surface area (Å²) >= 11 is 0. The fraction of sp³-hybridized carbons (Fsp3) is 0.909. The average molecular weight is 214 g/mol. The first-order valence-corrected chi connectivity index (χ1v) is 5.84. The molecule has 4 heteroatoms. The summed E-state index contributed by atoms with van der Waals surface area (Å²) in [5.74, 6) is 0.157. The average Bonchev–Trinajstić information content (AvgIpc) is 2.28. The van der Waals surface area contributed by atoms with Gasteiger partial charge in [-0.25, -0.2) is 0 Å². The van der Waals surface area contributed by atoms with Gasteiger partial charge in [-0.3, -0.25) is 9.69 Å². The number of hydrogen-bond acceptors (Lipinski definition) is 2. The van der Waals surface area contributed by atoms with Gasteiger partial charge in [-0.15, -0.1) is 0 Å². The van der Waals surface area contributed by atoms with Gasteiger partial charge in [-0.2, -0.15) is 0 Å². The number of carbonyl (C=O) groups excluding carboxylic acids is 1. The molecular formula is C11H24N3O+. The van der Waals surface area contributed by atoms with Crippen LogP contribution in [0.4, 0.5) is 0 Å². The van der Waals surface area contributed by atoms with Crippen LogP contribution in [-0.2, 0) is 4.79 Å². The summed E-state index contributed by atoms with van der Waals surface area (Å²) in [7, 11) is 4.52.